The van der Waals surface area contributed by atoms with Crippen LogP contribution in [0.5, 0.6) is 5.75 Å². The molecule has 0 aliphatic carbocycles. The third kappa shape index (κ3) is 9.81. The van der Waals surface area contributed by atoms with Crippen LogP contribution in [0, 0.1) is 5.92 Å². The zero-order chi connectivity index (χ0) is 31.1. The molecule has 9 nitrogen and oxygen atoms in total. The van der Waals surface area contributed by atoms with Crippen molar-refractivity contribution in [1.29, 1.82) is 0 Å². The molecule has 0 spiro atoms. The molecule has 3 aromatic carbocycles. The van der Waals surface area contributed by atoms with Crippen LogP contribution in [-0.2, 0) is 13.2 Å². The molecule has 1 aromatic heterocycles. The first-order valence-corrected chi connectivity index (χ1v) is 17.1. The summed E-state index contributed by atoms with van der Waals surface area (Å²) in [6.07, 6.45) is 4.32. The number of aliphatic hydroxyl groups excluding tert-OH is 1. The fourth-order valence-electron chi connectivity index (χ4n) is 7.03. The quantitative estimate of drug-likeness (QED) is 0.177. The lowest BCUT2D eigenvalue weighted by molar-refractivity contribution is 0.207. The number of ether oxygens (including phenoxy) is 1. The van der Waals surface area contributed by atoms with E-state index in [1.54, 1.807) is 0 Å². The van der Waals surface area contributed by atoms with E-state index >= 15 is 0 Å². The molecular formula is C37H50Cl3N7O2. The summed E-state index contributed by atoms with van der Waals surface area (Å²) in [4.78, 5) is 17.6. The zero-order valence-corrected chi connectivity index (χ0v) is 30.5. The fraction of sp³-hybridized carbons (Fsp3) is 0.459. The van der Waals surface area contributed by atoms with Crippen LogP contribution in [0.2, 0.25) is 0 Å². The highest BCUT2D eigenvalue weighted by Gasteiger charge is 2.25. The van der Waals surface area contributed by atoms with E-state index in [0.29, 0.717) is 18.6 Å². The molecule has 49 heavy (non-hydrogen) atoms. The average Bonchev–Trinajstić information content (AvgIpc) is 3.12. The van der Waals surface area contributed by atoms with Gasteiger partial charge in [-0.25, -0.2) is 4.98 Å². The predicted octanol–water partition coefficient (Wildman–Crippen LogP) is 6.17. The summed E-state index contributed by atoms with van der Waals surface area (Å²) in [5, 5.41) is 18.6. The number of nitrogens with zero attached hydrogens (tertiary/aromatic N) is 5. The number of aliphatic hydroxyl groups is 1. The molecule has 0 amide bonds. The largest absolute Gasteiger partial charge is 0.493 e. The predicted molar refractivity (Wildman–Crippen MR) is 208 cm³/mol. The Bertz CT molecular complexity index is 1570. The second kappa shape index (κ2) is 18.8. The second-order valence-corrected chi connectivity index (χ2v) is 13.0. The fourth-order valence-corrected chi connectivity index (χ4v) is 7.03. The smallest absolute Gasteiger partial charge is 0.228 e. The molecule has 3 aliphatic rings. The normalized spacial score (nSPS) is 17.5. The maximum atomic E-state index is 10.4. The standard InChI is InChI=1S/C37H47N7O2.3ClH/c45-26-30-23-33-34(24-35(30)46-27-29-11-15-38-16-12-29)40-37(44-21-19-43(20-22-44)32-9-5-2-6-10-32)41-36(33)39-31-13-17-42(18-14-31)25-28-7-3-1-4-8-28;;;/h1-10,23-24,29,31,38,45H,11-22,25-27H2,(H,39,40,41);3*1H. The molecule has 0 radical (unpaired) electrons. The van der Waals surface area contributed by atoms with Crippen molar-refractivity contribution >= 4 is 65.6 Å². The number of piperidine rings is 2. The molecule has 0 bridgehead atoms. The minimum atomic E-state index is -0.0853. The number of hydrogen-bond donors (Lipinski definition) is 3. The number of piperazine rings is 1. The van der Waals surface area contributed by atoms with Crippen molar-refractivity contribution in [3.8, 4) is 5.75 Å². The number of hydrogen-bond acceptors (Lipinski definition) is 9. The van der Waals surface area contributed by atoms with E-state index in [1.165, 1.54) is 11.3 Å². The van der Waals surface area contributed by atoms with E-state index < -0.39 is 0 Å². The van der Waals surface area contributed by atoms with Crippen LogP contribution in [0.3, 0.4) is 0 Å². The minimum Gasteiger partial charge on any atom is -0.493 e. The summed E-state index contributed by atoms with van der Waals surface area (Å²) in [5.41, 5.74) is 4.27. The van der Waals surface area contributed by atoms with E-state index in [-0.39, 0.29) is 43.8 Å². The van der Waals surface area contributed by atoms with E-state index in [2.05, 4.69) is 86.0 Å². The summed E-state index contributed by atoms with van der Waals surface area (Å²) in [6, 6.07) is 25.8. The molecule has 3 N–H and O–H groups in total. The number of likely N-dealkylation sites (tertiary alicyclic amines) is 1. The maximum absolute atomic E-state index is 10.4. The lowest BCUT2D eigenvalue weighted by Crippen LogP contribution is -2.47. The van der Waals surface area contributed by atoms with Gasteiger partial charge < -0.3 is 30.3 Å². The first-order chi connectivity index (χ1) is 22.7. The highest BCUT2D eigenvalue weighted by Crippen LogP contribution is 2.33. The Hall–Kier alpha value is -3.05. The van der Waals surface area contributed by atoms with E-state index in [4.69, 9.17) is 14.7 Å². The van der Waals surface area contributed by atoms with Crippen LogP contribution in [-0.4, -0.2) is 85.0 Å². The third-order valence-electron chi connectivity index (χ3n) is 9.83. The Morgan fingerprint density at radius 2 is 1.43 bits per heavy atom. The lowest BCUT2D eigenvalue weighted by Gasteiger charge is -2.36. The summed E-state index contributed by atoms with van der Waals surface area (Å²) in [6.45, 7) is 9.26. The van der Waals surface area contributed by atoms with Crippen LogP contribution in [0.15, 0.2) is 72.8 Å². The summed E-state index contributed by atoms with van der Waals surface area (Å²) >= 11 is 0. The highest BCUT2D eigenvalue weighted by molar-refractivity contribution is 5.92. The van der Waals surface area contributed by atoms with Gasteiger partial charge in [-0.2, -0.15) is 4.98 Å². The Kier molecular flexibility index (Phi) is 14.9. The molecule has 266 valence electrons. The molecule has 3 fully saturated rings. The van der Waals surface area contributed by atoms with Gasteiger partial charge in [-0.05, 0) is 68.5 Å². The van der Waals surface area contributed by atoms with Gasteiger partial charge in [0.2, 0.25) is 5.95 Å². The van der Waals surface area contributed by atoms with Gasteiger partial charge in [0.25, 0.3) is 0 Å². The Morgan fingerprint density at radius 1 is 0.776 bits per heavy atom. The van der Waals surface area contributed by atoms with Gasteiger partial charge in [-0.15, -0.1) is 37.2 Å². The Morgan fingerprint density at radius 3 is 2.10 bits per heavy atom. The van der Waals surface area contributed by atoms with Crippen LogP contribution in [0.1, 0.15) is 36.8 Å². The third-order valence-corrected chi connectivity index (χ3v) is 9.83. The van der Waals surface area contributed by atoms with Gasteiger partial charge in [0, 0.05) is 74.6 Å². The first-order valence-electron chi connectivity index (χ1n) is 17.1. The number of nitrogens with one attached hydrogen (secondary N) is 2. The maximum Gasteiger partial charge on any atom is 0.228 e. The molecule has 0 atom stereocenters. The molecule has 0 unspecified atom stereocenters. The lowest BCUT2D eigenvalue weighted by atomic mass is 9.99. The van der Waals surface area contributed by atoms with Crippen LogP contribution in [0.4, 0.5) is 17.5 Å². The van der Waals surface area contributed by atoms with Crippen molar-refractivity contribution in [3.05, 3.63) is 83.9 Å². The number of halogens is 3. The molecule has 7 rings (SSSR count). The van der Waals surface area contributed by atoms with Gasteiger partial charge in [0.1, 0.15) is 11.6 Å². The van der Waals surface area contributed by atoms with Crippen molar-refractivity contribution in [2.75, 3.05) is 74.1 Å². The van der Waals surface area contributed by atoms with Crippen molar-refractivity contribution in [2.24, 2.45) is 5.92 Å². The molecule has 12 heteroatoms. The topological polar surface area (TPSA) is 89.0 Å². The van der Waals surface area contributed by atoms with E-state index in [9.17, 15) is 5.11 Å². The number of benzene rings is 3. The molecule has 3 aliphatic heterocycles. The number of fused-ring (bicyclic) bond motifs is 1. The Labute approximate surface area is 309 Å². The van der Waals surface area contributed by atoms with Gasteiger partial charge in [0.05, 0.1) is 18.7 Å². The highest BCUT2D eigenvalue weighted by atomic mass is 35.5. The molecule has 0 saturated carbocycles. The molecule has 3 saturated heterocycles. The van der Waals surface area contributed by atoms with Gasteiger partial charge in [-0.3, -0.25) is 4.90 Å². The number of aromatic nitrogens is 2. The first kappa shape index (κ1) is 38.7. The van der Waals surface area contributed by atoms with Crippen molar-refractivity contribution in [1.82, 2.24) is 20.2 Å². The van der Waals surface area contributed by atoms with Crippen molar-refractivity contribution in [3.63, 3.8) is 0 Å². The molecule has 4 heterocycles. The van der Waals surface area contributed by atoms with E-state index in [1.807, 2.05) is 12.1 Å². The van der Waals surface area contributed by atoms with Gasteiger partial charge in [-0.1, -0.05) is 48.5 Å². The minimum absolute atomic E-state index is 0. The summed E-state index contributed by atoms with van der Waals surface area (Å²) in [5.74, 6) is 2.86. The monoisotopic (exact) mass is 729 g/mol. The summed E-state index contributed by atoms with van der Waals surface area (Å²) in [7, 11) is 0. The van der Waals surface area contributed by atoms with E-state index in [0.717, 1.165) is 119 Å². The van der Waals surface area contributed by atoms with Crippen LogP contribution < -0.4 is 25.2 Å². The Balaban J connectivity index is 0.00000180. The van der Waals surface area contributed by atoms with Crippen molar-refractivity contribution < 1.29 is 9.84 Å². The van der Waals surface area contributed by atoms with Crippen LogP contribution >= 0.6 is 37.2 Å². The summed E-state index contributed by atoms with van der Waals surface area (Å²) < 4.78 is 6.38. The average molecular weight is 731 g/mol. The van der Waals surface area contributed by atoms with Crippen molar-refractivity contribution in [2.45, 2.75) is 44.9 Å². The van der Waals surface area contributed by atoms with Crippen LogP contribution in [0.25, 0.3) is 10.9 Å². The number of anilines is 3. The van der Waals surface area contributed by atoms with Gasteiger partial charge in [0.15, 0.2) is 0 Å². The molecule has 4 aromatic rings. The zero-order valence-electron chi connectivity index (χ0n) is 28.0. The number of rotatable bonds is 10. The molecular weight excluding hydrogens is 681 g/mol. The number of para-hydroxylation sites is 1. The van der Waals surface area contributed by atoms with Gasteiger partial charge >= 0.3 is 0 Å². The SMILES string of the molecule is Cl.Cl.Cl.OCc1cc2c(NC3CCN(Cc4ccccc4)CC3)nc(N3CCN(c4ccccc4)CC3)nc2cc1OCC1CCNCC1. The second-order valence-electron chi connectivity index (χ2n) is 13.0.